The molecule has 0 heterocycles. The van der Waals surface area contributed by atoms with Gasteiger partial charge in [-0.3, -0.25) is 0 Å². The van der Waals surface area contributed by atoms with Crippen molar-refractivity contribution in [1.29, 1.82) is 0 Å². The number of nitrogens with one attached hydrogen (secondary N) is 2. The molecule has 112 valence electrons. The number of thiocarbonyl (C=S) groups is 1. The number of rotatable bonds is 4. The van der Waals surface area contributed by atoms with Crippen LogP contribution in [0.25, 0.3) is 0 Å². The number of nitrogens with two attached hydrogens (primary N) is 1. The van der Waals surface area contributed by atoms with Crippen LogP contribution in [0.1, 0.15) is 59.3 Å². The summed E-state index contributed by atoms with van der Waals surface area (Å²) in [6.45, 7) is 5.40. The van der Waals surface area contributed by atoms with E-state index in [4.69, 9.17) is 18.0 Å². The van der Waals surface area contributed by atoms with Crippen molar-refractivity contribution in [3.63, 3.8) is 0 Å². The van der Waals surface area contributed by atoms with Gasteiger partial charge < -0.3 is 5.73 Å². The highest BCUT2D eigenvalue weighted by molar-refractivity contribution is 7.87. The highest BCUT2D eigenvalue weighted by Gasteiger charge is 2.38. The fraction of sp³-hybridized carbons (Fsp3) is 0.917. The Morgan fingerprint density at radius 3 is 2.00 bits per heavy atom. The summed E-state index contributed by atoms with van der Waals surface area (Å²) in [7, 11) is -3.63. The van der Waals surface area contributed by atoms with Crippen LogP contribution >= 0.6 is 12.2 Å². The molecule has 0 aromatic carbocycles. The third-order valence-corrected chi connectivity index (χ3v) is 5.13. The first-order valence-electron chi connectivity index (χ1n) is 6.69. The molecule has 1 aliphatic rings. The van der Waals surface area contributed by atoms with Crippen LogP contribution in [0, 0.1) is 0 Å². The smallest absolute Gasteiger partial charge is 0.278 e. The predicted molar refractivity (Wildman–Crippen MR) is 82.2 cm³/mol. The molecule has 4 N–H and O–H groups in total. The third kappa shape index (κ3) is 5.33. The Bertz CT molecular complexity index is 419. The first-order chi connectivity index (χ1) is 8.56. The third-order valence-electron chi connectivity index (χ3n) is 3.20. The maximum Gasteiger partial charge on any atom is 0.278 e. The van der Waals surface area contributed by atoms with Crippen LogP contribution in [0.15, 0.2) is 0 Å². The topological polar surface area (TPSA) is 84.2 Å². The van der Waals surface area contributed by atoms with Crippen LogP contribution in [0.2, 0.25) is 0 Å². The molecule has 0 radical (unpaired) electrons. The van der Waals surface area contributed by atoms with Gasteiger partial charge >= 0.3 is 0 Å². The van der Waals surface area contributed by atoms with E-state index in [2.05, 4.69) is 9.44 Å². The van der Waals surface area contributed by atoms with E-state index in [1.807, 2.05) is 0 Å². The molecule has 7 heteroatoms. The van der Waals surface area contributed by atoms with E-state index in [1.165, 1.54) is 0 Å². The van der Waals surface area contributed by atoms with Crippen LogP contribution in [-0.2, 0) is 10.2 Å². The van der Waals surface area contributed by atoms with Gasteiger partial charge in [-0.05, 0) is 33.6 Å². The zero-order valence-corrected chi connectivity index (χ0v) is 13.6. The quantitative estimate of drug-likeness (QED) is 0.544. The van der Waals surface area contributed by atoms with E-state index in [1.54, 1.807) is 20.8 Å². The molecule has 0 unspecified atom stereocenters. The lowest BCUT2D eigenvalue weighted by Gasteiger charge is -2.34. The van der Waals surface area contributed by atoms with Gasteiger partial charge in [0, 0.05) is 5.54 Å². The molecule has 0 bridgehead atoms. The maximum absolute atomic E-state index is 12.2. The van der Waals surface area contributed by atoms with Gasteiger partial charge in [-0.25, -0.2) is 0 Å². The second-order valence-corrected chi connectivity index (χ2v) is 8.17. The van der Waals surface area contributed by atoms with Crippen LogP contribution in [0.4, 0.5) is 0 Å². The van der Waals surface area contributed by atoms with Gasteiger partial charge in [0.05, 0.1) is 10.5 Å². The Morgan fingerprint density at radius 1 is 1.16 bits per heavy atom. The second kappa shape index (κ2) is 6.03. The Kier molecular flexibility index (Phi) is 5.34. The molecule has 1 rings (SSSR count). The van der Waals surface area contributed by atoms with E-state index in [-0.39, 0.29) is 4.99 Å². The summed E-state index contributed by atoms with van der Waals surface area (Å²) in [5.74, 6) is 0. The summed E-state index contributed by atoms with van der Waals surface area (Å²) in [5, 5.41) is 0. The van der Waals surface area contributed by atoms with E-state index >= 15 is 0 Å². The summed E-state index contributed by atoms with van der Waals surface area (Å²) in [5.41, 5.74) is 4.51. The molecule has 0 aromatic heterocycles. The molecule has 1 aliphatic carbocycles. The fourth-order valence-electron chi connectivity index (χ4n) is 2.42. The van der Waals surface area contributed by atoms with Crippen molar-refractivity contribution in [2.45, 2.75) is 70.4 Å². The van der Waals surface area contributed by atoms with Crippen molar-refractivity contribution in [2.24, 2.45) is 5.73 Å². The zero-order chi connectivity index (χ0) is 14.7. The molecule has 5 nitrogen and oxygen atoms in total. The van der Waals surface area contributed by atoms with Crippen LogP contribution in [0.3, 0.4) is 0 Å². The van der Waals surface area contributed by atoms with Crippen molar-refractivity contribution in [1.82, 2.24) is 9.44 Å². The summed E-state index contributed by atoms with van der Waals surface area (Å²) < 4.78 is 29.7. The molecule has 1 fully saturated rings. The summed E-state index contributed by atoms with van der Waals surface area (Å²) >= 11 is 5.12. The predicted octanol–water partition coefficient (Wildman–Crippen LogP) is 1.59. The lowest BCUT2D eigenvalue weighted by atomic mass is 9.91. The van der Waals surface area contributed by atoms with Crippen molar-refractivity contribution < 1.29 is 8.42 Å². The van der Waals surface area contributed by atoms with Gasteiger partial charge in [0.15, 0.2) is 0 Å². The Hall–Kier alpha value is -0.240. The largest absolute Gasteiger partial charge is 0.392 e. The summed E-state index contributed by atoms with van der Waals surface area (Å²) in [6, 6.07) is 0. The summed E-state index contributed by atoms with van der Waals surface area (Å²) in [4.78, 5) is 0.244. The molecule has 0 atom stereocenters. The molecule has 0 amide bonds. The van der Waals surface area contributed by atoms with E-state index in [0.717, 1.165) is 25.7 Å². The second-order valence-electron chi connectivity index (χ2n) is 6.32. The highest BCUT2D eigenvalue weighted by atomic mass is 32.2. The van der Waals surface area contributed by atoms with E-state index in [0.29, 0.717) is 12.8 Å². The van der Waals surface area contributed by atoms with Gasteiger partial charge in [0.1, 0.15) is 0 Å². The molecule has 0 spiro atoms. The molecule has 0 aromatic rings. The van der Waals surface area contributed by atoms with E-state index < -0.39 is 21.3 Å². The minimum Gasteiger partial charge on any atom is -0.392 e. The Morgan fingerprint density at radius 2 is 1.63 bits per heavy atom. The molecule has 0 aliphatic heterocycles. The Labute approximate surface area is 121 Å². The molecular formula is C12H25N3O2S2. The first kappa shape index (κ1) is 16.8. The van der Waals surface area contributed by atoms with Crippen LogP contribution in [0.5, 0.6) is 0 Å². The standard InChI is InChI=1S/C12H25N3O2S2/c1-11(2,3)14-19(16,17)15-12(10(13)18)8-6-4-5-7-9-12/h14-15H,4-9H2,1-3H3,(H2,13,18). The van der Waals surface area contributed by atoms with Gasteiger partial charge in [-0.1, -0.05) is 37.9 Å². The van der Waals surface area contributed by atoms with Crippen LogP contribution in [-0.4, -0.2) is 24.5 Å². The van der Waals surface area contributed by atoms with Gasteiger partial charge in [-0.2, -0.15) is 17.9 Å². The normalized spacial score (nSPS) is 20.8. The zero-order valence-electron chi connectivity index (χ0n) is 12.0. The number of hydrogen-bond donors (Lipinski definition) is 3. The lowest BCUT2D eigenvalue weighted by Crippen LogP contribution is -2.60. The van der Waals surface area contributed by atoms with Crippen molar-refractivity contribution in [3.8, 4) is 0 Å². The monoisotopic (exact) mass is 307 g/mol. The minimum absolute atomic E-state index is 0.244. The minimum atomic E-state index is -3.63. The summed E-state index contributed by atoms with van der Waals surface area (Å²) in [6.07, 6.45) is 5.42. The SMILES string of the molecule is CC(C)(C)NS(=O)(=O)NC1(C(N)=S)CCCCCC1. The number of hydrogen-bond acceptors (Lipinski definition) is 3. The molecule has 0 saturated heterocycles. The average Bonchev–Trinajstić information content (AvgIpc) is 2.39. The molecule has 19 heavy (non-hydrogen) atoms. The van der Waals surface area contributed by atoms with Gasteiger partial charge in [0.25, 0.3) is 10.2 Å². The average molecular weight is 307 g/mol. The van der Waals surface area contributed by atoms with Crippen molar-refractivity contribution in [2.75, 3.05) is 0 Å². The van der Waals surface area contributed by atoms with Gasteiger partial charge in [0.2, 0.25) is 0 Å². The van der Waals surface area contributed by atoms with Crippen molar-refractivity contribution in [3.05, 3.63) is 0 Å². The van der Waals surface area contributed by atoms with Crippen LogP contribution < -0.4 is 15.2 Å². The van der Waals surface area contributed by atoms with Crippen molar-refractivity contribution >= 4 is 27.4 Å². The maximum atomic E-state index is 12.2. The van der Waals surface area contributed by atoms with Gasteiger partial charge in [-0.15, -0.1) is 0 Å². The highest BCUT2D eigenvalue weighted by Crippen LogP contribution is 2.28. The van der Waals surface area contributed by atoms with E-state index in [9.17, 15) is 8.42 Å². The molecular weight excluding hydrogens is 282 g/mol. The fourth-order valence-corrected chi connectivity index (χ4v) is 4.42. The molecule has 1 saturated carbocycles. The first-order valence-corrected chi connectivity index (χ1v) is 8.58. The lowest BCUT2D eigenvalue weighted by molar-refractivity contribution is 0.422. The Balaban J connectivity index is 2.92.